The van der Waals surface area contributed by atoms with Crippen LogP contribution in [-0.4, -0.2) is 46.7 Å². The molecule has 0 bridgehead atoms. The lowest BCUT2D eigenvalue weighted by molar-refractivity contribution is -0.145. The maximum Gasteiger partial charge on any atom is 0.323 e. The van der Waals surface area contributed by atoms with Gasteiger partial charge in [0.15, 0.2) is 0 Å². The maximum atomic E-state index is 11.6. The van der Waals surface area contributed by atoms with Crippen molar-refractivity contribution in [1.29, 1.82) is 0 Å². The number of hydrogen-bond donors (Lipinski definition) is 2. The van der Waals surface area contributed by atoms with Gasteiger partial charge in [-0.25, -0.2) is 0 Å². The highest BCUT2D eigenvalue weighted by Crippen LogP contribution is 2.24. The fourth-order valence-corrected chi connectivity index (χ4v) is 3.54. The van der Waals surface area contributed by atoms with E-state index in [1.54, 1.807) is 0 Å². The Morgan fingerprint density at radius 3 is 2.35 bits per heavy atom. The van der Waals surface area contributed by atoms with Gasteiger partial charge in [0.25, 0.3) is 0 Å². The van der Waals surface area contributed by atoms with Crippen LogP contribution in [-0.2, 0) is 4.79 Å². The van der Waals surface area contributed by atoms with Gasteiger partial charge in [-0.2, -0.15) is 0 Å². The predicted octanol–water partition coefficient (Wildman–Crippen LogP) is 2.87. The molecule has 1 saturated heterocycles. The van der Waals surface area contributed by atoms with Crippen molar-refractivity contribution >= 4 is 5.97 Å². The molecule has 2 N–H and O–H groups in total. The third-order valence-corrected chi connectivity index (χ3v) is 4.92. The molecule has 1 aliphatic rings. The highest BCUT2D eigenvalue weighted by Gasteiger charge is 2.35. The van der Waals surface area contributed by atoms with Crippen LogP contribution in [0.15, 0.2) is 0 Å². The summed E-state index contributed by atoms with van der Waals surface area (Å²) in [5, 5.41) is 12.7. The van der Waals surface area contributed by atoms with Crippen molar-refractivity contribution in [3.63, 3.8) is 0 Å². The summed E-state index contributed by atoms with van der Waals surface area (Å²) in [6.07, 6.45) is 6.17. The number of nitrogens with one attached hydrogen (secondary N) is 1. The number of rotatable bonds is 8. The molecule has 118 valence electrons. The second-order valence-corrected chi connectivity index (χ2v) is 6.24. The smallest absolute Gasteiger partial charge is 0.323 e. The van der Waals surface area contributed by atoms with Gasteiger partial charge in [0, 0.05) is 12.1 Å². The number of aliphatic carboxylic acids is 1. The molecule has 4 heteroatoms. The van der Waals surface area contributed by atoms with Crippen LogP contribution in [0.25, 0.3) is 0 Å². The zero-order valence-electron chi connectivity index (χ0n) is 13.6. The summed E-state index contributed by atoms with van der Waals surface area (Å²) in [4.78, 5) is 14.1. The van der Waals surface area contributed by atoms with E-state index >= 15 is 0 Å². The van der Waals surface area contributed by atoms with E-state index in [1.807, 2.05) is 13.8 Å². The minimum atomic E-state index is -0.739. The number of piperidine rings is 1. The van der Waals surface area contributed by atoms with E-state index in [2.05, 4.69) is 24.1 Å². The summed E-state index contributed by atoms with van der Waals surface area (Å²) in [6.45, 7) is 10.2. The van der Waals surface area contributed by atoms with Gasteiger partial charge in [-0.1, -0.05) is 20.3 Å². The van der Waals surface area contributed by atoms with Crippen molar-refractivity contribution < 1.29 is 9.90 Å². The second kappa shape index (κ2) is 7.99. The molecule has 1 aliphatic heterocycles. The minimum Gasteiger partial charge on any atom is -0.480 e. The monoisotopic (exact) mass is 284 g/mol. The summed E-state index contributed by atoms with van der Waals surface area (Å²) < 4.78 is 0. The van der Waals surface area contributed by atoms with Gasteiger partial charge in [0.05, 0.1) is 0 Å². The predicted molar refractivity (Wildman–Crippen MR) is 83.0 cm³/mol. The highest BCUT2D eigenvalue weighted by molar-refractivity contribution is 5.78. The maximum absolute atomic E-state index is 11.6. The first-order valence-corrected chi connectivity index (χ1v) is 8.21. The molecule has 0 aromatic heterocycles. The van der Waals surface area contributed by atoms with E-state index in [1.165, 1.54) is 19.3 Å². The Bertz CT molecular complexity index is 299. The van der Waals surface area contributed by atoms with Crippen LogP contribution in [0.3, 0.4) is 0 Å². The molecule has 1 heterocycles. The van der Waals surface area contributed by atoms with Gasteiger partial charge >= 0.3 is 5.97 Å². The summed E-state index contributed by atoms with van der Waals surface area (Å²) >= 11 is 0. The molecule has 0 amide bonds. The lowest BCUT2D eigenvalue weighted by Crippen LogP contribution is -2.52. The van der Waals surface area contributed by atoms with E-state index in [0.717, 1.165) is 13.0 Å². The molecule has 0 spiro atoms. The molecule has 0 aromatic rings. The molecule has 20 heavy (non-hydrogen) atoms. The van der Waals surface area contributed by atoms with Crippen molar-refractivity contribution in [3.8, 4) is 0 Å². The van der Waals surface area contributed by atoms with Crippen LogP contribution < -0.4 is 5.32 Å². The van der Waals surface area contributed by atoms with Crippen molar-refractivity contribution in [2.45, 2.75) is 83.8 Å². The Morgan fingerprint density at radius 2 is 1.90 bits per heavy atom. The number of carbonyl (C=O) groups is 1. The van der Waals surface area contributed by atoms with Crippen molar-refractivity contribution in [2.24, 2.45) is 0 Å². The van der Waals surface area contributed by atoms with Gasteiger partial charge in [-0.3, -0.25) is 9.69 Å². The minimum absolute atomic E-state index is 0.638. The molecule has 0 saturated carbocycles. The number of carboxylic acid groups (broad SMARTS) is 1. The average molecular weight is 284 g/mol. The molecule has 0 radical (unpaired) electrons. The normalized spacial score (nSPS) is 27.2. The summed E-state index contributed by atoms with van der Waals surface area (Å²) in [6, 6.07) is 1.28. The molecule has 0 aliphatic carbocycles. The Balaban J connectivity index is 2.53. The van der Waals surface area contributed by atoms with Crippen LogP contribution in [0, 0.1) is 0 Å². The molecule has 1 fully saturated rings. The van der Waals surface area contributed by atoms with Crippen LogP contribution in [0.5, 0.6) is 0 Å². The lowest BCUT2D eigenvalue weighted by Gasteiger charge is -2.39. The van der Waals surface area contributed by atoms with Gasteiger partial charge in [0.2, 0.25) is 0 Å². The molecule has 3 atom stereocenters. The average Bonchev–Trinajstić information content (AvgIpc) is 2.40. The molecule has 1 rings (SSSR count). The second-order valence-electron chi connectivity index (χ2n) is 6.24. The van der Waals surface area contributed by atoms with Gasteiger partial charge in [0.1, 0.15) is 5.54 Å². The lowest BCUT2D eigenvalue weighted by atomic mass is 9.89. The number of likely N-dealkylation sites (N-methyl/N-ethyl adjacent to an activating group) is 1. The topological polar surface area (TPSA) is 52.6 Å². The van der Waals surface area contributed by atoms with Crippen LogP contribution in [0.4, 0.5) is 0 Å². The molecule has 0 aromatic carbocycles. The Hall–Kier alpha value is -0.610. The summed E-state index contributed by atoms with van der Waals surface area (Å²) in [5.74, 6) is -0.707. The van der Waals surface area contributed by atoms with Gasteiger partial charge in [-0.15, -0.1) is 0 Å². The van der Waals surface area contributed by atoms with E-state index in [-0.39, 0.29) is 0 Å². The van der Waals surface area contributed by atoms with E-state index < -0.39 is 11.5 Å². The quantitative estimate of drug-likeness (QED) is 0.719. The largest absolute Gasteiger partial charge is 0.480 e. The van der Waals surface area contributed by atoms with Crippen LogP contribution in [0.2, 0.25) is 0 Å². The van der Waals surface area contributed by atoms with Crippen molar-refractivity contribution in [2.75, 3.05) is 13.1 Å². The first-order chi connectivity index (χ1) is 9.46. The SMILES string of the molecule is CCNC(CC)(CCCN1C(C)CCCC1C)C(=O)O. The summed E-state index contributed by atoms with van der Waals surface area (Å²) in [5.41, 5.74) is -0.739. The number of nitrogens with zero attached hydrogens (tertiary/aromatic N) is 1. The van der Waals surface area contributed by atoms with E-state index in [0.29, 0.717) is 31.5 Å². The third kappa shape index (κ3) is 4.19. The number of hydrogen-bond acceptors (Lipinski definition) is 3. The number of likely N-dealkylation sites (tertiary alicyclic amines) is 1. The molecular weight excluding hydrogens is 252 g/mol. The van der Waals surface area contributed by atoms with E-state index in [9.17, 15) is 9.90 Å². The zero-order valence-corrected chi connectivity index (χ0v) is 13.6. The van der Waals surface area contributed by atoms with Crippen LogP contribution in [0.1, 0.15) is 66.2 Å². The standard InChI is InChI=1S/C16H32N2O2/c1-5-16(15(19)20,17-6-2)11-8-12-18-13(3)9-7-10-14(18)4/h13-14,17H,5-12H2,1-4H3,(H,19,20). The molecular formula is C16H32N2O2. The first-order valence-electron chi connectivity index (χ1n) is 8.21. The fraction of sp³-hybridized carbons (Fsp3) is 0.938. The Kier molecular flexibility index (Phi) is 6.96. The molecule has 4 nitrogen and oxygen atoms in total. The van der Waals surface area contributed by atoms with Crippen molar-refractivity contribution in [3.05, 3.63) is 0 Å². The van der Waals surface area contributed by atoms with Gasteiger partial charge < -0.3 is 10.4 Å². The molecule has 3 unspecified atom stereocenters. The van der Waals surface area contributed by atoms with Crippen molar-refractivity contribution in [1.82, 2.24) is 10.2 Å². The highest BCUT2D eigenvalue weighted by atomic mass is 16.4. The third-order valence-electron chi connectivity index (χ3n) is 4.92. The van der Waals surface area contributed by atoms with E-state index in [4.69, 9.17) is 0 Å². The van der Waals surface area contributed by atoms with Crippen LogP contribution >= 0.6 is 0 Å². The summed E-state index contributed by atoms with van der Waals surface area (Å²) in [7, 11) is 0. The fourth-order valence-electron chi connectivity index (χ4n) is 3.54. The number of carboxylic acids is 1. The Labute approximate surface area is 123 Å². The van der Waals surface area contributed by atoms with Gasteiger partial charge in [-0.05, 0) is 59.0 Å². The zero-order chi connectivity index (χ0) is 15.2. The Morgan fingerprint density at radius 1 is 1.30 bits per heavy atom. The first kappa shape index (κ1) is 17.4.